The molecule has 30 heavy (non-hydrogen) atoms. The molecule has 2 aromatic rings. The fraction of sp³-hybridized carbons (Fsp3) is 0.458. The van der Waals surface area contributed by atoms with Crippen molar-refractivity contribution in [2.45, 2.75) is 45.7 Å². The molecule has 0 saturated heterocycles. The number of aromatic hydroxyl groups is 2. The zero-order chi connectivity index (χ0) is 22.3. The molecule has 1 amide bonds. The summed E-state index contributed by atoms with van der Waals surface area (Å²) in [5, 5.41) is 25.7. The largest absolute Gasteiger partial charge is 0.504 e. The van der Waals surface area contributed by atoms with Gasteiger partial charge in [0, 0.05) is 30.7 Å². The third-order valence-corrected chi connectivity index (χ3v) is 5.32. The Labute approximate surface area is 179 Å². The molecule has 6 heteroatoms. The Morgan fingerprint density at radius 1 is 1.10 bits per heavy atom. The SMILES string of the molecule is Cc1cccc(C(=O)NCCN(C)C)c1CNC(C)(C)CCc1ccc(O)c(O)c1. The molecule has 0 unspecified atom stereocenters. The van der Waals surface area contributed by atoms with Crippen molar-refractivity contribution in [2.75, 3.05) is 27.2 Å². The number of carbonyl (C=O) groups excluding carboxylic acids is 1. The first-order valence-electron chi connectivity index (χ1n) is 10.4. The number of nitrogens with one attached hydrogen (secondary N) is 2. The van der Waals surface area contributed by atoms with Crippen molar-refractivity contribution >= 4 is 5.91 Å². The number of likely N-dealkylation sites (N-methyl/N-ethyl adjacent to an activating group) is 1. The number of nitrogens with zero attached hydrogens (tertiary/aromatic N) is 1. The summed E-state index contributed by atoms with van der Waals surface area (Å²) in [5.41, 5.74) is 3.60. The molecule has 0 aliphatic carbocycles. The van der Waals surface area contributed by atoms with Gasteiger partial charge in [-0.2, -0.15) is 0 Å². The number of hydrogen-bond donors (Lipinski definition) is 4. The minimum atomic E-state index is -0.172. The average molecular weight is 414 g/mol. The molecule has 2 rings (SSSR count). The van der Waals surface area contributed by atoms with Crippen molar-refractivity contribution in [1.82, 2.24) is 15.5 Å². The van der Waals surface area contributed by atoms with E-state index in [2.05, 4.69) is 24.5 Å². The molecule has 0 aromatic heterocycles. The molecule has 0 aliphatic heterocycles. The lowest BCUT2D eigenvalue weighted by atomic mass is 9.93. The Morgan fingerprint density at radius 2 is 1.83 bits per heavy atom. The number of aryl methyl sites for hydroxylation is 2. The predicted octanol–water partition coefficient (Wildman–Crippen LogP) is 3.20. The molecule has 0 spiro atoms. The van der Waals surface area contributed by atoms with Gasteiger partial charge in [0.2, 0.25) is 0 Å². The molecule has 4 N–H and O–H groups in total. The van der Waals surface area contributed by atoms with E-state index in [0.29, 0.717) is 18.7 Å². The van der Waals surface area contributed by atoms with Crippen molar-refractivity contribution in [3.63, 3.8) is 0 Å². The highest BCUT2D eigenvalue weighted by molar-refractivity contribution is 5.96. The van der Waals surface area contributed by atoms with Crippen LogP contribution in [0.15, 0.2) is 36.4 Å². The number of benzene rings is 2. The van der Waals surface area contributed by atoms with Crippen LogP contribution < -0.4 is 10.6 Å². The van der Waals surface area contributed by atoms with Gasteiger partial charge in [-0.05, 0) is 82.6 Å². The average Bonchev–Trinajstić information content (AvgIpc) is 2.67. The Hall–Kier alpha value is -2.57. The van der Waals surface area contributed by atoms with E-state index in [1.54, 1.807) is 6.07 Å². The molecule has 0 saturated carbocycles. The first-order valence-corrected chi connectivity index (χ1v) is 10.4. The van der Waals surface area contributed by atoms with Gasteiger partial charge >= 0.3 is 0 Å². The molecule has 0 aliphatic rings. The molecule has 0 bridgehead atoms. The van der Waals surface area contributed by atoms with Gasteiger partial charge in [-0.25, -0.2) is 0 Å². The highest BCUT2D eigenvalue weighted by atomic mass is 16.3. The first kappa shape index (κ1) is 23.7. The van der Waals surface area contributed by atoms with Crippen molar-refractivity contribution in [1.29, 1.82) is 0 Å². The highest BCUT2D eigenvalue weighted by Crippen LogP contribution is 2.26. The fourth-order valence-corrected chi connectivity index (χ4v) is 3.24. The van der Waals surface area contributed by atoms with E-state index >= 15 is 0 Å². The monoisotopic (exact) mass is 413 g/mol. The Morgan fingerprint density at radius 3 is 2.50 bits per heavy atom. The Kier molecular flexibility index (Phi) is 8.26. The molecule has 0 atom stereocenters. The fourth-order valence-electron chi connectivity index (χ4n) is 3.24. The lowest BCUT2D eigenvalue weighted by Crippen LogP contribution is -2.40. The van der Waals surface area contributed by atoms with Crippen LogP contribution in [0.3, 0.4) is 0 Å². The van der Waals surface area contributed by atoms with Gasteiger partial charge in [0.1, 0.15) is 0 Å². The maximum atomic E-state index is 12.7. The molecule has 0 fully saturated rings. The third-order valence-electron chi connectivity index (χ3n) is 5.32. The minimum absolute atomic E-state index is 0.0466. The van der Waals surface area contributed by atoms with Crippen LogP contribution in [0, 0.1) is 6.92 Å². The molecular weight excluding hydrogens is 378 g/mol. The standard InChI is InChI=1S/C24H35N3O3/c1-17-7-6-8-19(23(30)25-13-14-27(4)5)20(17)16-26-24(2,3)12-11-18-9-10-21(28)22(29)15-18/h6-10,15,26,28-29H,11-14,16H2,1-5H3,(H,25,30). The minimum Gasteiger partial charge on any atom is -0.504 e. The van der Waals surface area contributed by atoms with Gasteiger partial charge in [-0.1, -0.05) is 18.2 Å². The number of rotatable bonds is 10. The van der Waals surface area contributed by atoms with E-state index in [1.165, 1.54) is 6.07 Å². The van der Waals surface area contributed by atoms with E-state index in [-0.39, 0.29) is 22.9 Å². The van der Waals surface area contributed by atoms with E-state index in [9.17, 15) is 15.0 Å². The highest BCUT2D eigenvalue weighted by Gasteiger charge is 2.20. The van der Waals surface area contributed by atoms with Gasteiger partial charge in [-0.15, -0.1) is 0 Å². The van der Waals surface area contributed by atoms with Crippen molar-refractivity contribution in [3.8, 4) is 11.5 Å². The summed E-state index contributed by atoms with van der Waals surface area (Å²) in [4.78, 5) is 14.7. The van der Waals surface area contributed by atoms with Crippen LogP contribution in [0.5, 0.6) is 11.5 Å². The second kappa shape index (κ2) is 10.5. The van der Waals surface area contributed by atoms with Gasteiger partial charge < -0.3 is 25.7 Å². The van der Waals surface area contributed by atoms with Crippen molar-refractivity contribution < 1.29 is 15.0 Å². The summed E-state index contributed by atoms with van der Waals surface area (Å²) in [5.74, 6) is -0.245. The van der Waals surface area contributed by atoms with Crippen LogP contribution in [-0.2, 0) is 13.0 Å². The Balaban J connectivity index is 2.00. The van der Waals surface area contributed by atoms with Crippen LogP contribution in [-0.4, -0.2) is 53.7 Å². The van der Waals surface area contributed by atoms with Gasteiger partial charge in [-0.3, -0.25) is 4.79 Å². The molecule has 164 valence electrons. The summed E-state index contributed by atoms with van der Waals surface area (Å²) in [6.07, 6.45) is 1.60. The smallest absolute Gasteiger partial charge is 0.251 e. The maximum Gasteiger partial charge on any atom is 0.251 e. The zero-order valence-electron chi connectivity index (χ0n) is 18.7. The molecule has 2 aromatic carbocycles. The second-order valence-electron chi connectivity index (χ2n) is 8.72. The molecular formula is C24H35N3O3. The van der Waals surface area contributed by atoms with Crippen molar-refractivity contribution in [2.24, 2.45) is 0 Å². The van der Waals surface area contributed by atoms with Crippen molar-refractivity contribution in [3.05, 3.63) is 58.7 Å². The predicted molar refractivity (Wildman–Crippen MR) is 121 cm³/mol. The number of amides is 1. The van der Waals surface area contributed by atoms with Crippen LogP contribution in [0.2, 0.25) is 0 Å². The quantitative estimate of drug-likeness (QED) is 0.450. The lowest BCUT2D eigenvalue weighted by Gasteiger charge is -2.28. The summed E-state index contributed by atoms with van der Waals surface area (Å²) < 4.78 is 0. The summed E-state index contributed by atoms with van der Waals surface area (Å²) >= 11 is 0. The van der Waals surface area contributed by atoms with Crippen LogP contribution in [0.4, 0.5) is 0 Å². The van der Waals surface area contributed by atoms with Crippen LogP contribution in [0.1, 0.15) is 47.3 Å². The number of hydrogen-bond acceptors (Lipinski definition) is 5. The topological polar surface area (TPSA) is 84.8 Å². The summed E-state index contributed by atoms with van der Waals surface area (Å²) in [6, 6.07) is 10.8. The van der Waals surface area contributed by atoms with E-state index in [4.69, 9.17) is 0 Å². The van der Waals surface area contributed by atoms with E-state index in [1.807, 2.05) is 50.2 Å². The van der Waals surface area contributed by atoms with Crippen LogP contribution in [0.25, 0.3) is 0 Å². The number of phenolic OH excluding ortho intramolecular Hbond substituents is 2. The molecule has 6 nitrogen and oxygen atoms in total. The first-order chi connectivity index (χ1) is 14.1. The summed E-state index contributed by atoms with van der Waals surface area (Å²) in [7, 11) is 3.96. The van der Waals surface area contributed by atoms with Gasteiger partial charge in [0.25, 0.3) is 5.91 Å². The Bertz CT molecular complexity index is 863. The lowest BCUT2D eigenvalue weighted by molar-refractivity contribution is 0.0949. The van der Waals surface area contributed by atoms with E-state index in [0.717, 1.165) is 36.1 Å². The van der Waals surface area contributed by atoms with Gasteiger partial charge in [0.05, 0.1) is 0 Å². The number of carbonyl (C=O) groups is 1. The zero-order valence-corrected chi connectivity index (χ0v) is 18.7. The molecule has 0 heterocycles. The number of phenols is 2. The summed E-state index contributed by atoms with van der Waals surface area (Å²) in [6.45, 7) is 8.28. The normalized spacial score (nSPS) is 11.7. The second-order valence-corrected chi connectivity index (χ2v) is 8.72. The molecule has 0 radical (unpaired) electrons. The van der Waals surface area contributed by atoms with E-state index < -0.39 is 0 Å². The van der Waals surface area contributed by atoms with Crippen LogP contribution >= 0.6 is 0 Å². The van der Waals surface area contributed by atoms with Gasteiger partial charge in [0.15, 0.2) is 11.5 Å². The third kappa shape index (κ3) is 7.04. The maximum absolute atomic E-state index is 12.7.